The van der Waals surface area contributed by atoms with Gasteiger partial charge in [-0.1, -0.05) is 48.1 Å². The lowest BCUT2D eigenvalue weighted by Gasteiger charge is -2.14. The van der Waals surface area contributed by atoms with E-state index in [4.69, 9.17) is 0 Å². The Labute approximate surface area is 208 Å². The van der Waals surface area contributed by atoms with Gasteiger partial charge in [0, 0.05) is 42.5 Å². The van der Waals surface area contributed by atoms with E-state index in [1.807, 2.05) is 38.5 Å². The van der Waals surface area contributed by atoms with Crippen molar-refractivity contribution in [3.63, 3.8) is 0 Å². The molecule has 0 radical (unpaired) electrons. The number of allylic oxidation sites excluding steroid dienone is 3. The molecular formula is C29H35N5O. The fourth-order valence-electron chi connectivity index (χ4n) is 4.34. The van der Waals surface area contributed by atoms with E-state index in [1.165, 1.54) is 24.0 Å². The number of aryl methyl sites for hydroxylation is 2. The van der Waals surface area contributed by atoms with Crippen molar-refractivity contribution >= 4 is 11.7 Å². The van der Waals surface area contributed by atoms with Gasteiger partial charge in [0.05, 0.1) is 12.6 Å². The molecule has 3 aromatic rings. The number of hydrogen-bond acceptors (Lipinski definition) is 4. The van der Waals surface area contributed by atoms with Crippen molar-refractivity contribution in [3.05, 3.63) is 89.9 Å². The summed E-state index contributed by atoms with van der Waals surface area (Å²) in [4.78, 5) is 16.3. The van der Waals surface area contributed by atoms with Gasteiger partial charge in [-0.15, -0.1) is 0 Å². The monoisotopic (exact) mass is 469 g/mol. The summed E-state index contributed by atoms with van der Waals surface area (Å²) < 4.78 is 1.75. The van der Waals surface area contributed by atoms with E-state index in [-0.39, 0.29) is 5.91 Å². The fraction of sp³-hybridized carbons (Fsp3) is 0.345. The Balaban J connectivity index is 0.000000189. The van der Waals surface area contributed by atoms with E-state index in [2.05, 4.69) is 64.1 Å². The predicted molar refractivity (Wildman–Crippen MR) is 142 cm³/mol. The zero-order valence-electron chi connectivity index (χ0n) is 20.9. The highest BCUT2D eigenvalue weighted by Gasteiger charge is 2.43. The molecule has 0 bridgehead atoms. The second-order valence-electron chi connectivity index (χ2n) is 9.50. The first-order valence-electron chi connectivity index (χ1n) is 12.3. The Morgan fingerprint density at radius 2 is 1.86 bits per heavy atom. The van der Waals surface area contributed by atoms with Crippen LogP contribution >= 0.6 is 0 Å². The van der Waals surface area contributed by atoms with E-state index in [9.17, 15) is 4.79 Å². The number of nitrogens with one attached hydrogen (secondary N) is 2. The van der Waals surface area contributed by atoms with Gasteiger partial charge in [-0.25, -0.2) is 4.98 Å². The molecule has 0 saturated heterocycles. The minimum Gasteiger partial charge on any atom is -0.319 e. The molecule has 2 heterocycles. The number of carbonyl (C=O) groups is 1. The molecular weight excluding hydrogens is 434 g/mol. The highest BCUT2D eigenvalue weighted by atomic mass is 16.1. The van der Waals surface area contributed by atoms with Crippen molar-refractivity contribution in [2.75, 3.05) is 18.9 Å². The number of benzene rings is 1. The predicted octanol–water partition coefficient (Wildman–Crippen LogP) is 5.33. The molecule has 1 aromatic carbocycles. The minimum atomic E-state index is -0.0422. The Morgan fingerprint density at radius 3 is 2.43 bits per heavy atom. The first kappa shape index (κ1) is 24.6. The van der Waals surface area contributed by atoms with Crippen LogP contribution in [0.1, 0.15) is 43.2 Å². The molecule has 2 N–H and O–H groups in total. The van der Waals surface area contributed by atoms with Crippen LogP contribution < -0.4 is 10.6 Å². The maximum atomic E-state index is 12.0. The SMILES string of the molecule is CNCC1(c2ccc(C)cc2)CC1.Cn1cc(-c2ccc(NC(=O)CC3=CCCC=C3)nc2)cn1. The lowest BCUT2D eigenvalue weighted by Crippen LogP contribution is -2.23. The third kappa shape index (κ3) is 6.76. The van der Waals surface area contributed by atoms with Gasteiger partial charge in [-0.05, 0) is 62.9 Å². The summed E-state index contributed by atoms with van der Waals surface area (Å²) in [5.41, 5.74) is 6.38. The molecule has 2 aromatic heterocycles. The molecule has 0 atom stereocenters. The molecule has 182 valence electrons. The van der Waals surface area contributed by atoms with E-state index in [0.29, 0.717) is 17.7 Å². The van der Waals surface area contributed by atoms with Gasteiger partial charge in [-0.2, -0.15) is 5.10 Å². The van der Waals surface area contributed by atoms with Crippen molar-refractivity contribution in [2.24, 2.45) is 7.05 Å². The average Bonchev–Trinajstić information content (AvgIpc) is 3.52. The third-order valence-electron chi connectivity index (χ3n) is 6.54. The first-order chi connectivity index (χ1) is 17.0. The zero-order chi connectivity index (χ0) is 24.7. The standard InChI is InChI=1S/C17H18N4O.C12H17N/c1-21-12-15(11-19-21)14-7-8-16(18-10-14)20-17(22)9-13-5-3-2-4-6-13;1-10-3-5-11(6-4-10)12(7-8-12)9-13-2/h3,5-8,10-12H,2,4,9H2,1H3,(H,18,20,22);3-6,13H,7-9H2,1-2H3. The molecule has 1 amide bonds. The number of likely N-dealkylation sites (N-methyl/N-ethyl adjacent to an activating group) is 1. The summed E-state index contributed by atoms with van der Waals surface area (Å²) in [6, 6.07) is 12.7. The highest BCUT2D eigenvalue weighted by molar-refractivity contribution is 5.91. The van der Waals surface area contributed by atoms with E-state index in [1.54, 1.807) is 17.1 Å². The van der Waals surface area contributed by atoms with Crippen LogP contribution in [-0.2, 0) is 17.3 Å². The van der Waals surface area contributed by atoms with Gasteiger partial charge in [0.15, 0.2) is 0 Å². The average molecular weight is 470 g/mol. The molecule has 35 heavy (non-hydrogen) atoms. The van der Waals surface area contributed by atoms with Gasteiger partial charge >= 0.3 is 0 Å². The number of hydrogen-bond donors (Lipinski definition) is 2. The van der Waals surface area contributed by atoms with Gasteiger partial charge in [0.2, 0.25) is 5.91 Å². The highest BCUT2D eigenvalue weighted by Crippen LogP contribution is 2.47. The summed E-state index contributed by atoms with van der Waals surface area (Å²) in [6.07, 6.45) is 16.8. The summed E-state index contributed by atoms with van der Waals surface area (Å²) >= 11 is 0. The number of carbonyl (C=O) groups excluding carboxylic acids is 1. The normalized spacial score (nSPS) is 15.6. The van der Waals surface area contributed by atoms with Crippen LogP contribution in [0.25, 0.3) is 11.1 Å². The molecule has 0 spiro atoms. The Kier molecular flexibility index (Phi) is 7.93. The largest absolute Gasteiger partial charge is 0.319 e. The molecule has 6 heteroatoms. The topological polar surface area (TPSA) is 71.8 Å². The molecule has 6 nitrogen and oxygen atoms in total. The molecule has 0 aliphatic heterocycles. The second kappa shape index (κ2) is 11.3. The minimum absolute atomic E-state index is 0.0422. The van der Waals surface area contributed by atoms with Crippen molar-refractivity contribution in [2.45, 2.75) is 44.4 Å². The van der Waals surface area contributed by atoms with Crippen molar-refractivity contribution in [1.82, 2.24) is 20.1 Å². The molecule has 0 unspecified atom stereocenters. The fourth-order valence-corrected chi connectivity index (χ4v) is 4.34. The quantitative estimate of drug-likeness (QED) is 0.490. The Hall–Kier alpha value is -3.51. The number of rotatable bonds is 7. The summed E-state index contributed by atoms with van der Waals surface area (Å²) in [6.45, 7) is 3.26. The van der Waals surface area contributed by atoms with Gasteiger partial charge in [0.25, 0.3) is 0 Å². The molecule has 1 saturated carbocycles. The smallest absolute Gasteiger partial charge is 0.229 e. The van der Waals surface area contributed by atoms with Crippen LogP contribution in [0.4, 0.5) is 5.82 Å². The molecule has 2 aliphatic rings. The van der Waals surface area contributed by atoms with Crippen LogP contribution in [0.2, 0.25) is 0 Å². The molecule has 1 fully saturated rings. The van der Waals surface area contributed by atoms with Crippen molar-refractivity contribution < 1.29 is 4.79 Å². The first-order valence-corrected chi connectivity index (χ1v) is 12.3. The lowest BCUT2D eigenvalue weighted by atomic mass is 9.95. The van der Waals surface area contributed by atoms with Gasteiger partial charge in [0.1, 0.15) is 5.82 Å². The lowest BCUT2D eigenvalue weighted by molar-refractivity contribution is -0.115. The summed E-state index contributed by atoms with van der Waals surface area (Å²) in [7, 11) is 3.91. The number of aromatic nitrogens is 3. The number of anilines is 1. The van der Waals surface area contributed by atoms with Crippen LogP contribution in [0.15, 0.2) is 78.8 Å². The van der Waals surface area contributed by atoms with Gasteiger partial charge in [-0.3, -0.25) is 9.48 Å². The number of nitrogens with zero attached hydrogens (tertiary/aromatic N) is 3. The zero-order valence-corrected chi connectivity index (χ0v) is 20.9. The Morgan fingerprint density at radius 1 is 1.06 bits per heavy atom. The van der Waals surface area contributed by atoms with E-state index >= 15 is 0 Å². The van der Waals surface area contributed by atoms with Crippen molar-refractivity contribution in [3.8, 4) is 11.1 Å². The van der Waals surface area contributed by atoms with Crippen LogP contribution in [-0.4, -0.2) is 34.3 Å². The van der Waals surface area contributed by atoms with Crippen LogP contribution in [0.5, 0.6) is 0 Å². The van der Waals surface area contributed by atoms with Crippen molar-refractivity contribution in [1.29, 1.82) is 0 Å². The summed E-state index contributed by atoms with van der Waals surface area (Å²) in [5.74, 6) is 0.525. The number of amides is 1. The molecule has 2 aliphatic carbocycles. The maximum Gasteiger partial charge on any atom is 0.229 e. The van der Waals surface area contributed by atoms with E-state index < -0.39 is 0 Å². The van der Waals surface area contributed by atoms with Crippen LogP contribution in [0.3, 0.4) is 0 Å². The van der Waals surface area contributed by atoms with Crippen LogP contribution in [0, 0.1) is 6.92 Å². The van der Waals surface area contributed by atoms with E-state index in [0.717, 1.165) is 36.1 Å². The maximum absolute atomic E-state index is 12.0. The summed E-state index contributed by atoms with van der Waals surface area (Å²) in [5, 5.41) is 10.2. The third-order valence-corrected chi connectivity index (χ3v) is 6.54. The molecule has 5 rings (SSSR count). The second-order valence-corrected chi connectivity index (χ2v) is 9.50. The van der Waals surface area contributed by atoms with Gasteiger partial charge < -0.3 is 10.6 Å². The number of pyridine rings is 1. The Bertz CT molecular complexity index is 1180.